The maximum absolute atomic E-state index is 12.0. The SMILES string of the molecule is CNS(=O)(=O)c1ccc(CNC(=O)CCCc2nc3ccccc3s2)cc1. The van der Waals surface area contributed by atoms with Gasteiger partial charge in [-0.15, -0.1) is 11.3 Å². The van der Waals surface area contributed by atoms with Gasteiger partial charge in [0.15, 0.2) is 0 Å². The molecule has 8 heteroatoms. The van der Waals surface area contributed by atoms with Crippen LogP contribution in [0.4, 0.5) is 0 Å². The number of fused-ring (bicyclic) bond motifs is 1. The fraction of sp³-hybridized carbons (Fsp3) is 0.263. The third kappa shape index (κ3) is 5.12. The van der Waals surface area contributed by atoms with Crippen LogP contribution in [0.3, 0.4) is 0 Å². The number of hydrogen-bond acceptors (Lipinski definition) is 5. The minimum absolute atomic E-state index is 0.0250. The fourth-order valence-electron chi connectivity index (χ4n) is 2.62. The topological polar surface area (TPSA) is 88.2 Å². The molecule has 1 amide bonds. The second kappa shape index (κ2) is 8.60. The first-order valence-corrected chi connectivity index (χ1v) is 10.9. The van der Waals surface area contributed by atoms with Crippen LogP contribution in [0, 0.1) is 0 Å². The van der Waals surface area contributed by atoms with Gasteiger partial charge in [-0.3, -0.25) is 4.79 Å². The lowest BCUT2D eigenvalue weighted by Gasteiger charge is -2.07. The lowest BCUT2D eigenvalue weighted by Crippen LogP contribution is -2.22. The predicted octanol–water partition coefficient (Wildman–Crippen LogP) is 2.84. The van der Waals surface area contributed by atoms with Crippen molar-refractivity contribution in [3.8, 4) is 0 Å². The number of aromatic nitrogens is 1. The van der Waals surface area contributed by atoms with Gasteiger partial charge in [0.05, 0.1) is 20.1 Å². The average molecular weight is 404 g/mol. The number of thiazole rings is 1. The monoisotopic (exact) mass is 403 g/mol. The van der Waals surface area contributed by atoms with Crippen LogP contribution in [0.25, 0.3) is 10.2 Å². The molecular weight excluding hydrogens is 382 g/mol. The molecule has 6 nitrogen and oxygen atoms in total. The Bertz CT molecular complexity index is 995. The van der Waals surface area contributed by atoms with E-state index in [9.17, 15) is 13.2 Å². The minimum atomic E-state index is -3.44. The standard InChI is InChI=1S/C19H21N3O3S2/c1-20-27(24,25)15-11-9-14(10-12-15)13-21-18(23)7-4-8-19-22-16-5-2-3-6-17(16)26-19/h2-3,5-6,9-12,20H,4,7-8,13H2,1H3,(H,21,23). The van der Waals surface area contributed by atoms with Crippen LogP contribution < -0.4 is 10.0 Å². The molecule has 3 aromatic rings. The Kier molecular flexibility index (Phi) is 6.20. The van der Waals surface area contributed by atoms with Crippen molar-refractivity contribution in [3.63, 3.8) is 0 Å². The lowest BCUT2D eigenvalue weighted by atomic mass is 10.2. The normalized spacial score (nSPS) is 11.6. The van der Waals surface area contributed by atoms with E-state index in [0.29, 0.717) is 13.0 Å². The second-order valence-corrected chi connectivity index (χ2v) is 9.06. The zero-order valence-corrected chi connectivity index (χ0v) is 16.6. The first-order valence-electron chi connectivity index (χ1n) is 8.61. The number of aryl methyl sites for hydroxylation is 1. The molecule has 0 saturated heterocycles. The number of nitrogens with zero attached hydrogens (tertiary/aromatic N) is 1. The predicted molar refractivity (Wildman–Crippen MR) is 107 cm³/mol. The van der Waals surface area contributed by atoms with Gasteiger partial charge in [0.2, 0.25) is 15.9 Å². The summed E-state index contributed by atoms with van der Waals surface area (Å²) in [5.74, 6) is -0.0250. The summed E-state index contributed by atoms with van der Waals surface area (Å²) in [7, 11) is -2.06. The van der Waals surface area contributed by atoms with E-state index in [4.69, 9.17) is 0 Å². The largest absolute Gasteiger partial charge is 0.352 e. The van der Waals surface area contributed by atoms with Crippen molar-refractivity contribution < 1.29 is 13.2 Å². The molecule has 1 heterocycles. The number of nitrogens with one attached hydrogen (secondary N) is 2. The summed E-state index contributed by atoms with van der Waals surface area (Å²) < 4.78 is 26.8. The number of carbonyl (C=O) groups is 1. The van der Waals surface area contributed by atoms with Gasteiger partial charge < -0.3 is 5.32 Å². The van der Waals surface area contributed by atoms with E-state index < -0.39 is 10.0 Å². The Morgan fingerprint density at radius 3 is 2.56 bits per heavy atom. The number of para-hydroxylation sites is 1. The molecule has 0 unspecified atom stereocenters. The van der Waals surface area contributed by atoms with E-state index in [-0.39, 0.29) is 10.8 Å². The molecule has 0 spiro atoms. The first kappa shape index (κ1) is 19.5. The molecule has 0 aliphatic heterocycles. The third-order valence-corrected chi connectivity index (χ3v) is 6.65. The van der Waals surface area contributed by atoms with Crippen molar-refractivity contribution in [1.82, 2.24) is 15.0 Å². The second-order valence-electron chi connectivity index (χ2n) is 6.06. The highest BCUT2D eigenvalue weighted by molar-refractivity contribution is 7.89. The Labute approximate surface area is 162 Å². The van der Waals surface area contributed by atoms with Gasteiger partial charge in [0, 0.05) is 13.0 Å². The summed E-state index contributed by atoms with van der Waals surface area (Å²) >= 11 is 1.67. The van der Waals surface area contributed by atoms with Crippen LogP contribution in [-0.2, 0) is 27.8 Å². The van der Waals surface area contributed by atoms with Crippen molar-refractivity contribution >= 4 is 37.5 Å². The van der Waals surface area contributed by atoms with E-state index in [0.717, 1.165) is 28.9 Å². The van der Waals surface area contributed by atoms with E-state index in [2.05, 4.69) is 21.1 Å². The van der Waals surface area contributed by atoms with Crippen molar-refractivity contribution in [2.24, 2.45) is 0 Å². The Hall–Kier alpha value is -2.29. The molecular formula is C19H21N3O3S2. The molecule has 0 aliphatic rings. The van der Waals surface area contributed by atoms with Crippen LogP contribution in [0.15, 0.2) is 53.4 Å². The summed E-state index contributed by atoms with van der Waals surface area (Å²) in [5.41, 5.74) is 1.86. The molecule has 142 valence electrons. The quantitative estimate of drug-likeness (QED) is 0.605. The molecule has 27 heavy (non-hydrogen) atoms. The van der Waals surface area contributed by atoms with Gasteiger partial charge in [0.25, 0.3) is 0 Å². The molecule has 2 N–H and O–H groups in total. The molecule has 0 bridgehead atoms. The summed E-state index contributed by atoms with van der Waals surface area (Å²) in [6.45, 7) is 0.375. The van der Waals surface area contributed by atoms with Crippen LogP contribution >= 0.6 is 11.3 Å². The number of amides is 1. The summed E-state index contributed by atoms with van der Waals surface area (Å²) in [6.07, 6.45) is 1.95. The molecule has 0 atom stereocenters. The maximum Gasteiger partial charge on any atom is 0.240 e. The molecule has 2 aromatic carbocycles. The first-order chi connectivity index (χ1) is 13.0. The highest BCUT2D eigenvalue weighted by atomic mass is 32.2. The van der Waals surface area contributed by atoms with Crippen LogP contribution in [0.5, 0.6) is 0 Å². The molecule has 0 radical (unpaired) electrons. The van der Waals surface area contributed by atoms with E-state index in [1.807, 2.05) is 18.2 Å². The van der Waals surface area contributed by atoms with Gasteiger partial charge in [-0.25, -0.2) is 18.1 Å². The highest BCUT2D eigenvalue weighted by Crippen LogP contribution is 2.22. The summed E-state index contributed by atoms with van der Waals surface area (Å²) in [6, 6.07) is 14.5. The van der Waals surface area contributed by atoms with Gasteiger partial charge in [-0.2, -0.15) is 0 Å². The van der Waals surface area contributed by atoms with Crippen LogP contribution in [-0.4, -0.2) is 26.4 Å². The zero-order chi connectivity index (χ0) is 19.3. The van der Waals surface area contributed by atoms with E-state index in [1.54, 1.807) is 23.5 Å². The third-order valence-electron chi connectivity index (χ3n) is 4.12. The molecule has 0 aliphatic carbocycles. The molecule has 0 fully saturated rings. The van der Waals surface area contributed by atoms with Gasteiger partial charge in [0.1, 0.15) is 0 Å². The van der Waals surface area contributed by atoms with Crippen molar-refractivity contribution in [3.05, 3.63) is 59.1 Å². The zero-order valence-electron chi connectivity index (χ0n) is 14.9. The van der Waals surface area contributed by atoms with Crippen molar-refractivity contribution in [2.75, 3.05) is 7.05 Å². The number of sulfonamides is 1. The smallest absolute Gasteiger partial charge is 0.240 e. The highest BCUT2D eigenvalue weighted by Gasteiger charge is 2.10. The molecule has 3 rings (SSSR count). The summed E-state index contributed by atoms with van der Waals surface area (Å²) in [5, 5.41) is 3.91. The number of hydrogen-bond donors (Lipinski definition) is 2. The maximum atomic E-state index is 12.0. The number of benzene rings is 2. The number of rotatable bonds is 8. The Balaban J connectivity index is 1.44. The van der Waals surface area contributed by atoms with Gasteiger partial charge in [-0.05, 0) is 49.7 Å². The van der Waals surface area contributed by atoms with Crippen molar-refractivity contribution in [1.29, 1.82) is 0 Å². The van der Waals surface area contributed by atoms with Crippen LogP contribution in [0.2, 0.25) is 0 Å². The van der Waals surface area contributed by atoms with Crippen molar-refractivity contribution in [2.45, 2.75) is 30.7 Å². The van der Waals surface area contributed by atoms with Gasteiger partial charge in [-0.1, -0.05) is 24.3 Å². The summed E-state index contributed by atoms with van der Waals surface area (Å²) in [4.78, 5) is 16.8. The lowest BCUT2D eigenvalue weighted by molar-refractivity contribution is -0.121. The van der Waals surface area contributed by atoms with Gasteiger partial charge >= 0.3 is 0 Å². The molecule has 0 saturated carbocycles. The van der Waals surface area contributed by atoms with E-state index >= 15 is 0 Å². The van der Waals surface area contributed by atoms with E-state index in [1.165, 1.54) is 23.9 Å². The molecule has 1 aromatic heterocycles. The Morgan fingerprint density at radius 2 is 1.85 bits per heavy atom. The fourth-order valence-corrected chi connectivity index (χ4v) is 4.36. The minimum Gasteiger partial charge on any atom is -0.352 e. The average Bonchev–Trinajstić information content (AvgIpc) is 3.09. The van der Waals surface area contributed by atoms with Crippen LogP contribution in [0.1, 0.15) is 23.4 Å². The Morgan fingerprint density at radius 1 is 1.11 bits per heavy atom. The number of carbonyl (C=O) groups excluding carboxylic acids is 1.